The van der Waals surface area contributed by atoms with Crippen LogP contribution in [0.15, 0.2) is 41.3 Å². The number of ketones is 1. The van der Waals surface area contributed by atoms with Gasteiger partial charge in [0.05, 0.1) is 5.02 Å². The number of nitrogens with zero attached hydrogens (tertiary/aromatic N) is 2. The Hall–Kier alpha value is -1.26. The van der Waals surface area contributed by atoms with E-state index in [1.807, 2.05) is 6.07 Å². The van der Waals surface area contributed by atoms with Crippen molar-refractivity contribution in [2.75, 3.05) is 0 Å². The molecule has 0 saturated carbocycles. The van der Waals surface area contributed by atoms with Gasteiger partial charge in [0.25, 0.3) is 0 Å². The molecule has 86 valence electrons. The van der Waals surface area contributed by atoms with Gasteiger partial charge in [-0.05, 0) is 39.7 Å². The SMILES string of the molecule is O=C(Cc1cncc(Br)c1)c1ccc(Cl)cn1. The summed E-state index contributed by atoms with van der Waals surface area (Å²) < 4.78 is 0.854. The van der Waals surface area contributed by atoms with Crippen LogP contribution in [0.3, 0.4) is 0 Å². The molecule has 0 radical (unpaired) electrons. The predicted octanol–water partition coefficient (Wildman–Crippen LogP) is 3.32. The van der Waals surface area contributed by atoms with Crippen molar-refractivity contribution in [1.29, 1.82) is 0 Å². The monoisotopic (exact) mass is 310 g/mol. The van der Waals surface area contributed by atoms with Gasteiger partial charge in [0, 0.05) is 29.5 Å². The van der Waals surface area contributed by atoms with Crippen LogP contribution in [0, 0.1) is 0 Å². The van der Waals surface area contributed by atoms with Crippen LogP contribution in [0.25, 0.3) is 0 Å². The Morgan fingerprint density at radius 3 is 2.76 bits per heavy atom. The van der Waals surface area contributed by atoms with E-state index in [1.165, 1.54) is 6.20 Å². The quantitative estimate of drug-likeness (QED) is 0.817. The van der Waals surface area contributed by atoms with E-state index in [0.717, 1.165) is 10.0 Å². The number of aromatic nitrogens is 2. The zero-order chi connectivity index (χ0) is 12.3. The molecule has 0 N–H and O–H groups in total. The molecular formula is C12H8BrClN2O. The Balaban J connectivity index is 2.14. The minimum atomic E-state index is -0.0541. The summed E-state index contributed by atoms with van der Waals surface area (Å²) in [6.07, 6.45) is 5.09. The Labute approximate surface area is 112 Å². The second kappa shape index (κ2) is 5.38. The molecule has 0 bridgehead atoms. The van der Waals surface area contributed by atoms with Crippen molar-refractivity contribution in [1.82, 2.24) is 9.97 Å². The Bertz CT molecular complexity index is 542. The van der Waals surface area contributed by atoms with E-state index in [-0.39, 0.29) is 12.2 Å². The largest absolute Gasteiger partial charge is 0.292 e. The number of carbonyl (C=O) groups excluding carboxylic acids is 1. The van der Waals surface area contributed by atoms with Crippen LogP contribution in [0.2, 0.25) is 5.02 Å². The van der Waals surface area contributed by atoms with Crippen LogP contribution in [0.4, 0.5) is 0 Å². The zero-order valence-corrected chi connectivity index (χ0v) is 11.1. The van der Waals surface area contributed by atoms with Gasteiger partial charge in [0.1, 0.15) is 5.69 Å². The predicted molar refractivity (Wildman–Crippen MR) is 69.2 cm³/mol. The first kappa shape index (κ1) is 12.2. The van der Waals surface area contributed by atoms with Gasteiger partial charge >= 0.3 is 0 Å². The lowest BCUT2D eigenvalue weighted by Crippen LogP contribution is -2.05. The van der Waals surface area contributed by atoms with E-state index < -0.39 is 0 Å². The first-order chi connectivity index (χ1) is 8.15. The van der Waals surface area contributed by atoms with Crippen molar-refractivity contribution in [3.05, 3.63) is 57.5 Å². The smallest absolute Gasteiger partial charge is 0.185 e. The second-order valence-electron chi connectivity index (χ2n) is 3.47. The maximum absolute atomic E-state index is 11.9. The van der Waals surface area contributed by atoms with Crippen molar-refractivity contribution < 1.29 is 4.79 Å². The minimum Gasteiger partial charge on any atom is -0.292 e. The Kier molecular flexibility index (Phi) is 3.86. The fourth-order valence-electron chi connectivity index (χ4n) is 1.37. The lowest BCUT2D eigenvalue weighted by molar-refractivity contribution is 0.0988. The summed E-state index contributed by atoms with van der Waals surface area (Å²) >= 11 is 9.02. The van der Waals surface area contributed by atoms with Crippen molar-refractivity contribution in [2.45, 2.75) is 6.42 Å². The van der Waals surface area contributed by atoms with Gasteiger partial charge in [-0.2, -0.15) is 0 Å². The van der Waals surface area contributed by atoms with Crippen molar-refractivity contribution >= 4 is 33.3 Å². The van der Waals surface area contributed by atoms with Crippen molar-refractivity contribution in [2.24, 2.45) is 0 Å². The number of rotatable bonds is 3. The van der Waals surface area contributed by atoms with Gasteiger partial charge in [-0.25, -0.2) is 0 Å². The molecule has 0 atom stereocenters. The maximum Gasteiger partial charge on any atom is 0.185 e. The molecule has 0 spiro atoms. The molecule has 2 aromatic heterocycles. The lowest BCUT2D eigenvalue weighted by Gasteiger charge is -2.01. The van der Waals surface area contributed by atoms with E-state index in [0.29, 0.717) is 10.7 Å². The molecular weight excluding hydrogens is 304 g/mol. The molecule has 3 nitrogen and oxygen atoms in total. The van der Waals surface area contributed by atoms with E-state index >= 15 is 0 Å². The summed E-state index contributed by atoms with van der Waals surface area (Å²) in [7, 11) is 0. The van der Waals surface area contributed by atoms with Gasteiger partial charge < -0.3 is 0 Å². The normalized spacial score (nSPS) is 10.2. The third kappa shape index (κ3) is 3.35. The molecule has 0 aromatic carbocycles. The second-order valence-corrected chi connectivity index (χ2v) is 4.83. The van der Waals surface area contributed by atoms with Gasteiger partial charge in [-0.15, -0.1) is 0 Å². The molecule has 17 heavy (non-hydrogen) atoms. The molecule has 0 unspecified atom stereocenters. The highest BCUT2D eigenvalue weighted by atomic mass is 79.9. The summed E-state index contributed by atoms with van der Waals surface area (Å²) in [4.78, 5) is 19.9. The zero-order valence-electron chi connectivity index (χ0n) is 8.73. The fraction of sp³-hybridized carbons (Fsp3) is 0.0833. The summed E-state index contributed by atoms with van der Waals surface area (Å²) in [5.74, 6) is -0.0541. The van der Waals surface area contributed by atoms with Gasteiger partial charge in [-0.3, -0.25) is 14.8 Å². The van der Waals surface area contributed by atoms with Crippen LogP contribution in [-0.4, -0.2) is 15.8 Å². The minimum absolute atomic E-state index is 0.0541. The highest BCUT2D eigenvalue weighted by molar-refractivity contribution is 9.10. The van der Waals surface area contributed by atoms with E-state index in [2.05, 4.69) is 25.9 Å². The third-order valence-corrected chi connectivity index (χ3v) is 2.80. The van der Waals surface area contributed by atoms with Gasteiger partial charge in [0.2, 0.25) is 0 Å². The molecule has 0 amide bonds. The standard InChI is InChI=1S/C12H8BrClN2O/c13-9-3-8(5-15-6-9)4-12(17)11-2-1-10(14)7-16-11/h1-3,5-7H,4H2. The van der Waals surface area contributed by atoms with Crippen LogP contribution in [0.1, 0.15) is 16.1 Å². The van der Waals surface area contributed by atoms with Crippen LogP contribution < -0.4 is 0 Å². The first-order valence-electron chi connectivity index (χ1n) is 4.89. The summed E-state index contributed by atoms with van der Waals surface area (Å²) in [5, 5.41) is 0.519. The van der Waals surface area contributed by atoms with Crippen LogP contribution in [-0.2, 0) is 6.42 Å². The van der Waals surface area contributed by atoms with Crippen LogP contribution >= 0.6 is 27.5 Å². The fourth-order valence-corrected chi connectivity index (χ4v) is 1.89. The lowest BCUT2D eigenvalue weighted by atomic mass is 10.1. The van der Waals surface area contributed by atoms with Crippen molar-refractivity contribution in [3.63, 3.8) is 0 Å². The number of hydrogen-bond acceptors (Lipinski definition) is 3. The summed E-state index contributed by atoms with van der Waals surface area (Å²) in [6.45, 7) is 0. The number of hydrogen-bond donors (Lipinski definition) is 0. The maximum atomic E-state index is 11.9. The van der Waals surface area contributed by atoms with E-state index in [9.17, 15) is 4.79 Å². The summed E-state index contributed by atoms with van der Waals surface area (Å²) in [6, 6.07) is 5.14. The first-order valence-corrected chi connectivity index (χ1v) is 6.06. The molecule has 2 rings (SSSR count). The van der Waals surface area contributed by atoms with Gasteiger partial charge in [-0.1, -0.05) is 11.6 Å². The highest BCUT2D eigenvalue weighted by Gasteiger charge is 2.08. The Morgan fingerprint density at radius 1 is 1.29 bits per heavy atom. The van der Waals surface area contributed by atoms with E-state index in [1.54, 1.807) is 24.5 Å². The number of halogens is 2. The average molecular weight is 312 g/mol. The van der Waals surface area contributed by atoms with Crippen molar-refractivity contribution in [3.8, 4) is 0 Å². The number of carbonyl (C=O) groups is 1. The van der Waals surface area contributed by atoms with Crippen LogP contribution in [0.5, 0.6) is 0 Å². The molecule has 2 heterocycles. The average Bonchev–Trinajstić information content (AvgIpc) is 2.29. The molecule has 5 heteroatoms. The third-order valence-electron chi connectivity index (χ3n) is 2.14. The summed E-state index contributed by atoms with van der Waals surface area (Å²) in [5.41, 5.74) is 1.26. The highest BCUT2D eigenvalue weighted by Crippen LogP contribution is 2.12. The molecule has 0 fully saturated rings. The molecule has 0 aliphatic rings. The number of pyridine rings is 2. The molecule has 0 saturated heterocycles. The Morgan fingerprint density at radius 2 is 2.12 bits per heavy atom. The molecule has 0 aliphatic heterocycles. The number of Topliss-reactive ketones (excluding diaryl/α,β-unsaturated/α-hetero) is 1. The topological polar surface area (TPSA) is 42.9 Å². The van der Waals surface area contributed by atoms with Gasteiger partial charge in [0.15, 0.2) is 5.78 Å². The molecule has 2 aromatic rings. The van der Waals surface area contributed by atoms with E-state index in [4.69, 9.17) is 11.6 Å². The molecule has 0 aliphatic carbocycles.